The van der Waals surface area contributed by atoms with E-state index in [4.69, 9.17) is 4.98 Å². The summed E-state index contributed by atoms with van der Waals surface area (Å²) in [5.41, 5.74) is 7.33. The van der Waals surface area contributed by atoms with E-state index in [1.54, 1.807) is 11.3 Å². The van der Waals surface area contributed by atoms with Crippen molar-refractivity contribution in [3.05, 3.63) is 63.5 Å². The number of anilines is 1. The Bertz CT molecular complexity index is 1190. The lowest BCUT2D eigenvalue weighted by Crippen LogP contribution is -2.39. The molecule has 4 nitrogen and oxygen atoms in total. The number of rotatable bonds is 5. The Labute approximate surface area is 196 Å². The van der Waals surface area contributed by atoms with Crippen molar-refractivity contribution in [2.45, 2.75) is 64.0 Å². The van der Waals surface area contributed by atoms with Gasteiger partial charge in [-0.2, -0.15) is 0 Å². The minimum atomic E-state index is -3.36. The monoisotopic (exact) mass is 468 g/mol. The van der Waals surface area contributed by atoms with E-state index in [1.807, 2.05) is 27.7 Å². The first-order valence-electron chi connectivity index (χ1n) is 11.3. The molecule has 1 aromatic heterocycles. The lowest BCUT2D eigenvalue weighted by Gasteiger charge is -2.32. The molecule has 6 heteroatoms. The average molecular weight is 469 g/mol. The van der Waals surface area contributed by atoms with Gasteiger partial charge in [0.1, 0.15) is 0 Å². The lowest BCUT2D eigenvalue weighted by molar-refractivity contribution is 0.528. The van der Waals surface area contributed by atoms with Crippen LogP contribution in [0.3, 0.4) is 0 Å². The third-order valence-corrected chi connectivity index (χ3v) is 10.3. The summed E-state index contributed by atoms with van der Waals surface area (Å²) in [6.07, 6.45) is 2.30. The van der Waals surface area contributed by atoms with E-state index in [9.17, 15) is 8.42 Å². The van der Waals surface area contributed by atoms with E-state index < -0.39 is 9.84 Å². The molecule has 1 aliphatic rings. The Morgan fingerprint density at radius 2 is 1.59 bits per heavy atom. The second-order valence-electron chi connectivity index (χ2n) is 8.89. The Morgan fingerprint density at radius 3 is 2.16 bits per heavy atom. The summed E-state index contributed by atoms with van der Waals surface area (Å²) in [4.78, 5) is 7.65. The third kappa shape index (κ3) is 4.23. The van der Waals surface area contributed by atoms with Gasteiger partial charge in [0.15, 0.2) is 15.0 Å². The summed E-state index contributed by atoms with van der Waals surface area (Å²) in [6.45, 7) is 11.5. The molecule has 1 aliphatic heterocycles. The molecule has 1 saturated heterocycles. The van der Waals surface area contributed by atoms with E-state index in [0.717, 1.165) is 45.1 Å². The van der Waals surface area contributed by atoms with Crippen molar-refractivity contribution in [1.29, 1.82) is 0 Å². The second-order valence-corrected chi connectivity index (χ2v) is 11.9. The van der Waals surface area contributed by atoms with Gasteiger partial charge in [0, 0.05) is 24.0 Å². The quantitative estimate of drug-likeness (QED) is 0.457. The lowest BCUT2D eigenvalue weighted by atomic mass is 10.0. The van der Waals surface area contributed by atoms with Gasteiger partial charge in [0.25, 0.3) is 0 Å². The maximum absolute atomic E-state index is 13.6. The van der Waals surface area contributed by atoms with Crippen LogP contribution in [0.2, 0.25) is 0 Å². The SMILES string of the molecule is CCc1ccc(-c2csc(N3CCC(S(=O)(=O)c4c(C)c(C)cc(C)c4C)CC3)n2)cc1. The van der Waals surface area contributed by atoms with Gasteiger partial charge in [-0.1, -0.05) is 37.3 Å². The molecular formula is C26H32N2O2S2. The van der Waals surface area contributed by atoms with Crippen LogP contribution < -0.4 is 4.90 Å². The fourth-order valence-electron chi connectivity index (χ4n) is 4.58. The number of piperidine rings is 1. The molecule has 170 valence electrons. The summed E-state index contributed by atoms with van der Waals surface area (Å²) in [5.74, 6) is 0. The van der Waals surface area contributed by atoms with Gasteiger partial charge in [-0.05, 0) is 74.8 Å². The molecule has 0 spiro atoms. The molecule has 2 heterocycles. The minimum absolute atomic E-state index is 0.335. The van der Waals surface area contributed by atoms with Crippen LogP contribution in [-0.2, 0) is 16.3 Å². The first-order chi connectivity index (χ1) is 15.2. The van der Waals surface area contributed by atoms with Gasteiger partial charge in [0.05, 0.1) is 15.8 Å². The average Bonchev–Trinajstić information content (AvgIpc) is 3.28. The number of thiazole rings is 1. The molecule has 0 unspecified atom stereocenters. The van der Waals surface area contributed by atoms with Gasteiger partial charge >= 0.3 is 0 Å². The third-order valence-electron chi connectivity index (χ3n) is 6.88. The molecule has 0 saturated carbocycles. The number of benzene rings is 2. The highest BCUT2D eigenvalue weighted by Gasteiger charge is 2.34. The molecule has 0 aliphatic carbocycles. The molecule has 32 heavy (non-hydrogen) atoms. The summed E-state index contributed by atoms with van der Waals surface area (Å²) < 4.78 is 27.2. The first kappa shape index (κ1) is 23.0. The maximum Gasteiger partial charge on any atom is 0.185 e. The van der Waals surface area contributed by atoms with Crippen molar-refractivity contribution in [1.82, 2.24) is 4.98 Å². The van der Waals surface area contributed by atoms with Crippen LogP contribution in [0.4, 0.5) is 5.13 Å². The predicted octanol–water partition coefficient (Wildman–Crippen LogP) is 6.05. The maximum atomic E-state index is 13.6. The second kappa shape index (κ2) is 8.99. The van der Waals surface area contributed by atoms with Crippen LogP contribution >= 0.6 is 11.3 Å². The Kier molecular flexibility index (Phi) is 6.46. The van der Waals surface area contributed by atoms with Gasteiger partial charge < -0.3 is 4.90 Å². The molecule has 0 bridgehead atoms. The molecule has 2 aromatic carbocycles. The van der Waals surface area contributed by atoms with Crippen molar-refractivity contribution in [3.63, 3.8) is 0 Å². The number of hydrogen-bond donors (Lipinski definition) is 0. The van der Waals surface area contributed by atoms with Crippen LogP contribution in [0, 0.1) is 27.7 Å². The van der Waals surface area contributed by atoms with E-state index in [2.05, 4.69) is 47.5 Å². The largest absolute Gasteiger partial charge is 0.348 e. The van der Waals surface area contributed by atoms with Crippen molar-refractivity contribution in [2.24, 2.45) is 0 Å². The first-order valence-corrected chi connectivity index (χ1v) is 13.8. The van der Waals surface area contributed by atoms with Crippen LogP contribution in [0.1, 0.15) is 47.6 Å². The summed E-state index contributed by atoms with van der Waals surface area (Å²) >= 11 is 1.64. The van der Waals surface area contributed by atoms with Crippen LogP contribution in [0.15, 0.2) is 40.6 Å². The number of aromatic nitrogens is 1. The van der Waals surface area contributed by atoms with Crippen molar-refractivity contribution in [2.75, 3.05) is 18.0 Å². The summed E-state index contributed by atoms with van der Waals surface area (Å²) in [5, 5.41) is 2.74. The molecule has 4 rings (SSSR count). The Morgan fingerprint density at radius 1 is 1.00 bits per heavy atom. The zero-order chi connectivity index (χ0) is 23.0. The van der Waals surface area contributed by atoms with Gasteiger partial charge in [0.2, 0.25) is 0 Å². The molecule has 1 fully saturated rings. The highest BCUT2D eigenvalue weighted by Crippen LogP contribution is 2.34. The topological polar surface area (TPSA) is 50.3 Å². The fraction of sp³-hybridized carbons (Fsp3) is 0.423. The number of nitrogens with zero attached hydrogens (tertiary/aromatic N) is 2. The van der Waals surface area contributed by atoms with E-state index in [-0.39, 0.29) is 5.25 Å². The number of hydrogen-bond acceptors (Lipinski definition) is 5. The van der Waals surface area contributed by atoms with Crippen LogP contribution in [0.5, 0.6) is 0 Å². The summed E-state index contributed by atoms with van der Waals surface area (Å²) in [7, 11) is -3.36. The number of aryl methyl sites for hydroxylation is 3. The normalized spacial score (nSPS) is 15.3. The van der Waals surface area contributed by atoms with E-state index in [0.29, 0.717) is 30.8 Å². The predicted molar refractivity (Wildman–Crippen MR) is 135 cm³/mol. The molecule has 0 amide bonds. The van der Waals surface area contributed by atoms with Crippen LogP contribution in [-0.4, -0.2) is 31.7 Å². The van der Waals surface area contributed by atoms with E-state index >= 15 is 0 Å². The van der Waals surface area contributed by atoms with Crippen molar-refractivity contribution >= 4 is 26.3 Å². The van der Waals surface area contributed by atoms with Gasteiger partial charge in [-0.3, -0.25) is 0 Å². The molecule has 3 aromatic rings. The smallest absolute Gasteiger partial charge is 0.185 e. The highest BCUT2D eigenvalue weighted by atomic mass is 32.2. The van der Waals surface area contributed by atoms with Gasteiger partial charge in [-0.15, -0.1) is 11.3 Å². The van der Waals surface area contributed by atoms with Crippen molar-refractivity contribution in [3.8, 4) is 11.3 Å². The standard InChI is InChI=1S/C26H32N2O2S2/c1-6-21-7-9-22(10-8-21)24-16-31-26(27-24)28-13-11-23(12-14-28)32(29,30)25-19(4)17(2)15-18(3)20(25)5/h7-10,15-16,23H,6,11-14H2,1-5H3. The highest BCUT2D eigenvalue weighted by molar-refractivity contribution is 7.92. The molecule has 0 N–H and O–H groups in total. The zero-order valence-corrected chi connectivity index (χ0v) is 21.2. The number of sulfone groups is 1. The van der Waals surface area contributed by atoms with E-state index in [1.165, 1.54) is 5.56 Å². The Hall–Kier alpha value is -2.18. The molecular weight excluding hydrogens is 436 g/mol. The fourth-order valence-corrected chi connectivity index (χ4v) is 7.81. The zero-order valence-electron chi connectivity index (χ0n) is 19.6. The summed E-state index contributed by atoms with van der Waals surface area (Å²) in [6, 6.07) is 10.7. The molecule has 0 radical (unpaired) electrons. The Balaban J connectivity index is 1.50. The van der Waals surface area contributed by atoms with Crippen LogP contribution in [0.25, 0.3) is 11.3 Å². The van der Waals surface area contributed by atoms with Crippen molar-refractivity contribution < 1.29 is 8.42 Å². The van der Waals surface area contributed by atoms with Gasteiger partial charge in [-0.25, -0.2) is 13.4 Å². The minimum Gasteiger partial charge on any atom is -0.348 e. The molecule has 0 atom stereocenters.